The molecule has 8 nitrogen and oxygen atoms in total. The lowest BCUT2D eigenvalue weighted by Gasteiger charge is -2.27. The molecule has 0 bridgehead atoms. The Morgan fingerprint density at radius 1 is 1.26 bits per heavy atom. The topological polar surface area (TPSA) is 99.9 Å². The fraction of sp³-hybridized carbons (Fsp3) is 0.348. The van der Waals surface area contributed by atoms with Crippen LogP contribution in [0.3, 0.4) is 0 Å². The third-order valence-corrected chi connectivity index (χ3v) is 5.54. The number of hydrogen-bond donors (Lipinski definition) is 4. The molecule has 1 fully saturated rings. The average Bonchev–Trinajstić information content (AvgIpc) is 3.33. The lowest BCUT2D eigenvalue weighted by Crippen LogP contribution is -2.35. The van der Waals surface area contributed by atoms with E-state index in [2.05, 4.69) is 58.1 Å². The van der Waals surface area contributed by atoms with E-state index in [1.165, 1.54) is 11.8 Å². The summed E-state index contributed by atoms with van der Waals surface area (Å²) in [7, 11) is 3.71. The van der Waals surface area contributed by atoms with Crippen LogP contribution in [0.2, 0.25) is 0 Å². The minimum Gasteiger partial charge on any atom is -0.379 e. The molecule has 1 aliphatic rings. The largest absolute Gasteiger partial charge is 0.379 e. The molecule has 31 heavy (non-hydrogen) atoms. The summed E-state index contributed by atoms with van der Waals surface area (Å²) in [6.45, 7) is 5.57. The Morgan fingerprint density at radius 3 is 2.77 bits per heavy atom. The zero-order valence-electron chi connectivity index (χ0n) is 18.4. The quantitative estimate of drug-likeness (QED) is 0.429. The molecule has 0 saturated carbocycles. The van der Waals surface area contributed by atoms with Gasteiger partial charge < -0.3 is 26.1 Å². The SMILES string of the molecule is CNc1nc(Nc2cc(-c3cccc(C)c3)nn2C)cc(N[C@@]2(C)CCOC2)c1C=N. The van der Waals surface area contributed by atoms with Crippen molar-refractivity contribution >= 4 is 29.4 Å². The highest BCUT2D eigenvalue weighted by Crippen LogP contribution is 2.32. The number of nitrogens with zero attached hydrogens (tertiary/aromatic N) is 3. The van der Waals surface area contributed by atoms with Gasteiger partial charge in [-0.15, -0.1) is 0 Å². The predicted octanol–water partition coefficient (Wildman–Crippen LogP) is 4.16. The van der Waals surface area contributed by atoms with Crippen LogP contribution in [0.5, 0.6) is 0 Å². The fourth-order valence-electron chi connectivity index (χ4n) is 3.81. The molecule has 0 unspecified atom stereocenters. The van der Waals surface area contributed by atoms with Gasteiger partial charge in [0.05, 0.1) is 29.1 Å². The number of anilines is 4. The average molecular weight is 420 g/mol. The van der Waals surface area contributed by atoms with E-state index >= 15 is 0 Å². The number of aryl methyl sites for hydroxylation is 2. The van der Waals surface area contributed by atoms with Gasteiger partial charge in [-0.2, -0.15) is 5.10 Å². The number of hydrogen-bond acceptors (Lipinski definition) is 7. The van der Waals surface area contributed by atoms with Crippen molar-refractivity contribution in [3.8, 4) is 11.3 Å². The summed E-state index contributed by atoms with van der Waals surface area (Å²) < 4.78 is 7.39. The smallest absolute Gasteiger partial charge is 0.139 e. The Kier molecular flexibility index (Phi) is 5.65. The molecule has 1 aliphatic heterocycles. The highest BCUT2D eigenvalue weighted by Gasteiger charge is 2.30. The first-order valence-electron chi connectivity index (χ1n) is 10.4. The molecule has 3 aromatic rings. The van der Waals surface area contributed by atoms with Crippen molar-refractivity contribution < 1.29 is 4.74 Å². The van der Waals surface area contributed by atoms with Crippen molar-refractivity contribution in [2.24, 2.45) is 7.05 Å². The predicted molar refractivity (Wildman–Crippen MR) is 126 cm³/mol. The molecule has 0 amide bonds. The molecule has 4 rings (SSSR count). The third kappa shape index (κ3) is 4.39. The molecule has 1 aromatic carbocycles. The Labute approximate surface area is 182 Å². The minimum absolute atomic E-state index is 0.174. The summed E-state index contributed by atoms with van der Waals surface area (Å²) in [6.07, 6.45) is 2.23. The zero-order chi connectivity index (χ0) is 22.0. The van der Waals surface area contributed by atoms with Crippen LogP contribution >= 0.6 is 0 Å². The first kappa shape index (κ1) is 20.9. The molecular weight excluding hydrogens is 390 g/mol. The van der Waals surface area contributed by atoms with Gasteiger partial charge in [0.2, 0.25) is 0 Å². The number of rotatable bonds is 7. The molecule has 0 radical (unpaired) electrons. The van der Waals surface area contributed by atoms with E-state index < -0.39 is 0 Å². The van der Waals surface area contributed by atoms with Gasteiger partial charge in [0.25, 0.3) is 0 Å². The summed E-state index contributed by atoms with van der Waals surface area (Å²) in [4.78, 5) is 4.67. The van der Waals surface area contributed by atoms with Crippen molar-refractivity contribution in [3.63, 3.8) is 0 Å². The van der Waals surface area contributed by atoms with Gasteiger partial charge in [-0.25, -0.2) is 4.98 Å². The van der Waals surface area contributed by atoms with Crippen molar-refractivity contribution in [2.45, 2.75) is 25.8 Å². The fourth-order valence-corrected chi connectivity index (χ4v) is 3.81. The second-order valence-electron chi connectivity index (χ2n) is 8.23. The van der Waals surface area contributed by atoms with Crippen LogP contribution in [-0.2, 0) is 11.8 Å². The zero-order valence-corrected chi connectivity index (χ0v) is 18.4. The molecule has 3 heterocycles. The summed E-state index contributed by atoms with van der Waals surface area (Å²) >= 11 is 0. The first-order valence-corrected chi connectivity index (χ1v) is 10.4. The van der Waals surface area contributed by atoms with E-state index in [-0.39, 0.29) is 5.54 Å². The van der Waals surface area contributed by atoms with Crippen molar-refractivity contribution in [3.05, 3.63) is 47.5 Å². The monoisotopic (exact) mass is 419 g/mol. The number of benzene rings is 1. The molecule has 0 aliphatic carbocycles. The number of nitrogens with one attached hydrogen (secondary N) is 4. The summed E-state index contributed by atoms with van der Waals surface area (Å²) in [6, 6.07) is 12.2. The van der Waals surface area contributed by atoms with Crippen molar-refractivity contribution in [1.82, 2.24) is 14.8 Å². The van der Waals surface area contributed by atoms with E-state index in [1.807, 2.05) is 37.0 Å². The second-order valence-corrected chi connectivity index (χ2v) is 8.23. The molecule has 8 heteroatoms. The third-order valence-electron chi connectivity index (χ3n) is 5.54. The summed E-state index contributed by atoms with van der Waals surface area (Å²) in [5, 5.41) is 22.6. The van der Waals surface area contributed by atoms with Crippen LogP contribution in [0, 0.1) is 12.3 Å². The first-order chi connectivity index (χ1) is 14.9. The van der Waals surface area contributed by atoms with E-state index in [0.29, 0.717) is 23.8 Å². The van der Waals surface area contributed by atoms with Crippen LogP contribution in [0.15, 0.2) is 36.4 Å². The van der Waals surface area contributed by atoms with E-state index in [4.69, 9.17) is 10.1 Å². The molecule has 4 N–H and O–H groups in total. The summed E-state index contributed by atoms with van der Waals surface area (Å²) in [5.41, 5.74) is 4.54. The number of ether oxygens (including phenoxy) is 1. The highest BCUT2D eigenvalue weighted by molar-refractivity contribution is 5.93. The van der Waals surface area contributed by atoms with E-state index in [9.17, 15) is 0 Å². The number of pyridine rings is 1. The van der Waals surface area contributed by atoms with Crippen LogP contribution in [0.1, 0.15) is 24.5 Å². The van der Waals surface area contributed by atoms with Crippen molar-refractivity contribution in [2.75, 3.05) is 36.2 Å². The molecule has 162 valence electrons. The van der Waals surface area contributed by atoms with Gasteiger partial charge in [-0.1, -0.05) is 23.8 Å². The van der Waals surface area contributed by atoms with Gasteiger partial charge in [-0.05, 0) is 26.3 Å². The Bertz CT molecular complexity index is 1100. The summed E-state index contributed by atoms with van der Waals surface area (Å²) in [5.74, 6) is 2.12. The van der Waals surface area contributed by atoms with E-state index in [1.54, 1.807) is 0 Å². The van der Waals surface area contributed by atoms with Crippen LogP contribution < -0.4 is 16.0 Å². The minimum atomic E-state index is -0.174. The van der Waals surface area contributed by atoms with Gasteiger partial charge in [0.1, 0.15) is 17.5 Å². The maximum absolute atomic E-state index is 7.90. The lowest BCUT2D eigenvalue weighted by molar-refractivity contribution is 0.185. The standard InChI is InChI=1S/C23H29N7O/c1-15-6-5-7-16(10-15)18-12-21(30(4)29-18)26-20-11-19(17(13-24)22(25-3)27-20)28-23(2)8-9-31-14-23/h5-7,10-13,24H,8-9,14H2,1-4H3,(H3,25,26,27,28)/t23-/m0/s1. The maximum Gasteiger partial charge on any atom is 0.139 e. The van der Waals surface area contributed by atoms with Gasteiger partial charge in [-0.3, -0.25) is 4.68 Å². The molecule has 2 aromatic heterocycles. The molecular formula is C23H29N7O. The van der Waals surface area contributed by atoms with Gasteiger partial charge in [0, 0.05) is 44.6 Å². The Morgan fingerprint density at radius 2 is 2.10 bits per heavy atom. The van der Waals surface area contributed by atoms with Crippen molar-refractivity contribution in [1.29, 1.82) is 5.41 Å². The van der Waals surface area contributed by atoms with Gasteiger partial charge >= 0.3 is 0 Å². The lowest BCUT2D eigenvalue weighted by atomic mass is 10.0. The Hall–Kier alpha value is -3.39. The van der Waals surface area contributed by atoms with Crippen LogP contribution in [0.4, 0.5) is 23.1 Å². The normalized spacial score (nSPS) is 18.1. The number of aromatic nitrogens is 3. The molecule has 1 saturated heterocycles. The van der Waals surface area contributed by atoms with Crippen LogP contribution in [-0.4, -0.2) is 46.8 Å². The van der Waals surface area contributed by atoms with Crippen LogP contribution in [0.25, 0.3) is 11.3 Å². The molecule has 0 spiro atoms. The van der Waals surface area contributed by atoms with E-state index in [0.717, 1.165) is 35.8 Å². The molecule has 1 atom stereocenters. The second kappa shape index (κ2) is 8.39. The maximum atomic E-state index is 7.90. The van der Waals surface area contributed by atoms with Gasteiger partial charge in [0.15, 0.2) is 0 Å². The highest BCUT2D eigenvalue weighted by atomic mass is 16.5. The Balaban J connectivity index is 1.67.